The van der Waals surface area contributed by atoms with Gasteiger partial charge >= 0.3 is 18.0 Å². The number of hydrogen-bond acceptors (Lipinski definition) is 5. The van der Waals surface area contributed by atoms with Gasteiger partial charge in [0.25, 0.3) is 0 Å². The number of carbonyl (C=O) groups excluding carboxylic acids is 2. The number of amides is 1. The second-order valence-electron chi connectivity index (χ2n) is 5.99. The zero-order valence-corrected chi connectivity index (χ0v) is 15.8. The van der Waals surface area contributed by atoms with Crippen LogP contribution in [-0.2, 0) is 19.1 Å². The minimum atomic E-state index is -1.00. The third-order valence-corrected chi connectivity index (χ3v) is 3.82. The van der Waals surface area contributed by atoms with Gasteiger partial charge in [-0.1, -0.05) is 44.5 Å². The Morgan fingerprint density at radius 1 is 1.15 bits per heavy atom. The highest BCUT2D eigenvalue weighted by Gasteiger charge is 2.22. The summed E-state index contributed by atoms with van der Waals surface area (Å²) in [6.45, 7) is 5.16. The number of ether oxygens (including phenoxy) is 2. The molecule has 1 rings (SSSR count). The van der Waals surface area contributed by atoms with Gasteiger partial charge in [0.05, 0.1) is 11.8 Å². The molecule has 2 atom stereocenters. The fourth-order valence-corrected chi connectivity index (χ4v) is 2.19. The molecule has 8 heteroatoms. The van der Waals surface area contributed by atoms with Crippen LogP contribution in [0.3, 0.4) is 0 Å². The highest BCUT2D eigenvalue weighted by molar-refractivity contribution is 6.30. The van der Waals surface area contributed by atoms with Crippen molar-refractivity contribution in [3.63, 3.8) is 0 Å². The largest absolute Gasteiger partial charge is 0.481 e. The van der Waals surface area contributed by atoms with Crippen molar-refractivity contribution >= 4 is 29.6 Å². The summed E-state index contributed by atoms with van der Waals surface area (Å²) in [7, 11) is 0. The van der Waals surface area contributed by atoms with Gasteiger partial charge in [0.2, 0.25) is 6.29 Å². The molecule has 0 heterocycles. The summed E-state index contributed by atoms with van der Waals surface area (Å²) >= 11 is 5.80. The van der Waals surface area contributed by atoms with E-state index in [0.29, 0.717) is 17.0 Å². The quantitative estimate of drug-likeness (QED) is 0.497. The average molecular weight is 386 g/mol. The maximum atomic E-state index is 11.8. The van der Waals surface area contributed by atoms with Crippen LogP contribution in [0.5, 0.6) is 0 Å². The summed E-state index contributed by atoms with van der Waals surface area (Å²) < 4.78 is 10.1. The van der Waals surface area contributed by atoms with Crippen molar-refractivity contribution in [3.05, 3.63) is 34.9 Å². The molecule has 2 unspecified atom stereocenters. The van der Waals surface area contributed by atoms with E-state index < -0.39 is 30.2 Å². The summed E-state index contributed by atoms with van der Waals surface area (Å²) in [5.41, 5.74) is 0.592. The third kappa shape index (κ3) is 7.31. The Bertz CT molecular complexity index is 617. The van der Waals surface area contributed by atoms with Gasteiger partial charge in [-0.05, 0) is 24.1 Å². The van der Waals surface area contributed by atoms with Crippen LogP contribution in [0.2, 0.25) is 5.02 Å². The fraction of sp³-hybridized carbons (Fsp3) is 0.500. The number of halogens is 1. The van der Waals surface area contributed by atoms with E-state index in [-0.39, 0.29) is 18.9 Å². The molecule has 0 aliphatic rings. The molecule has 7 nitrogen and oxygen atoms in total. The Balaban J connectivity index is 2.50. The molecule has 2 N–H and O–H groups in total. The summed E-state index contributed by atoms with van der Waals surface area (Å²) in [5, 5.41) is 12.4. The maximum Gasteiger partial charge on any atom is 0.410 e. The molecule has 0 saturated heterocycles. The molecule has 0 aliphatic carbocycles. The standard InChI is InChI=1S/C18H24ClNO6/c1-4-15(25-17(23)11(2)3)26-18(24)20-10-9-14(16(21)22)12-5-7-13(19)8-6-12/h5-8,11,14-15H,4,9-10H2,1-3H3,(H,20,24)(H,21,22). The third-order valence-electron chi connectivity index (χ3n) is 3.56. The Morgan fingerprint density at radius 3 is 2.27 bits per heavy atom. The molecule has 0 fully saturated rings. The van der Waals surface area contributed by atoms with E-state index in [9.17, 15) is 19.5 Å². The minimum absolute atomic E-state index is 0.0903. The van der Waals surface area contributed by atoms with E-state index in [1.165, 1.54) is 0 Å². The van der Waals surface area contributed by atoms with Crippen molar-refractivity contribution in [3.8, 4) is 0 Å². The van der Waals surface area contributed by atoms with Gasteiger partial charge in [-0.15, -0.1) is 0 Å². The molecule has 1 amide bonds. The molecule has 0 aromatic heterocycles. The van der Waals surface area contributed by atoms with Gasteiger partial charge in [-0.2, -0.15) is 0 Å². The summed E-state index contributed by atoms with van der Waals surface area (Å²) in [6, 6.07) is 6.50. The lowest BCUT2D eigenvalue weighted by atomic mass is 9.96. The Morgan fingerprint density at radius 2 is 1.77 bits per heavy atom. The number of alkyl carbamates (subject to hydrolysis) is 1. The molecule has 144 valence electrons. The van der Waals surface area contributed by atoms with Crippen molar-refractivity contribution in [1.29, 1.82) is 0 Å². The summed E-state index contributed by atoms with van der Waals surface area (Å²) in [6.07, 6.45) is -1.26. The second-order valence-corrected chi connectivity index (χ2v) is 6.43. The lowest BCUT2D eigenvalue weighted by Crippen LogP contribution is -2.33. The van der Waals surface area contributed by atoms with Crippen LogP contribution in [0, 0.1) is 5.92 Å². The second kappa shape index (κ2) is 10.7. The molecule has 1 aromatic rings. The van der Waals surface area contributed by atoms with E-state index >= 15 is 0 Å². The van der Waals surface area contributed by atoms with Gasteiger partial charge < -0.3 is 19.9 Å². The zero-order chi connectivity index (χ0) is 19.7. The van der Waals surface area contributed by atoms with Gasteiger partial charge in [0.15, 0.2) is 0 Å². The molecule has 0 bridgehead atoms. The Hall–Kier alpha value is -2.28. The first-order valence-electron chi connectivity index (χ1n) is 8.37. The molecule has 1 aromatic carbocycles. The number of carbonyl (C=O) groups is 3. The number of esters is 1. The fourth-order valence-electron chi connectivity index (χ4n) is 2.06. The van der Waals surface area contributed by atoms with E-state index in [1.807, 2.05) is 0 Å². The van der Waals surface area contributed by atoms with Crippen molar-refractivity contribution in [2.24, 2.45) is 5.92 Å². The predicted octanol–water partition coefficient (Wildman–Crippen LogP) is 3.56. The lowest BCUT2D eigenvalue weighted by molar-refractivity contribution is -0.171. The van der Waals surface area contributed by atoms with Crippen molar-refractivity contribution < 1.29 is 29.0 Å². The molecular formula is C18H24ClNO6. The molecule has 0 aliphatic heterocycles. The topological polar surface area (TPSA) is 102 Å². The number of benzene rings is 1. The highest BCUT2D eigenvalue weighted by atomic mass is 35.5. The first-order valence-corrected chi connectivity index (χ1v) is 8.75. The molecule has 26 heavy (non-hydrogen) atoms. The van der Waals surface area contributed by atoms with Crippen LogP contribution < -0.4 is 5.32 Å². The number of nitrogens with one attached hydrogen (secondary N) is 1. The van der Waals surface area contributed by atoms with E-state index in [1.54, 1.807) is 45.0 Å². The Kier molecular flexibility index (Phi) is 8.92. The van der Waals surface area contributed by atoms with Crippen LogP contribution in [0.25, 0.3) is 0 Å². The molecule has 0 saturated carbocycles. The monoisotopic (exact) mass is 385 g/mol. The van der Waals surface area contributed by atoms with Crippen LogP contribution >= 0.6 is 11.6 Å². The number of rotatable bonds is 9. The van der Waals surface area contributed by atoms with Crippen molar-refractivity contribution in [2.75, 3.05) is 6.54 Å². The first-order chi connectivity index (χ1) is 12.2. The predicted molar refractivity (Wildman–Crippen MR) is 95.9 cm³/mol. The van der Waals surface area contributed by atoms with Gasteiger partial charge in [0, 0.05) is 18.0 Å². The first kappa shape index (κ1) is 21.8. The van der Waals surface area contributed by atoms with Crippen LogP contribution in [0.4, 0.5) is 4.79 Å². The normalized spacial score (nSPS) is 13.0. The zero-order valence-electron chi connectivity index (χ0n) is 15.0. The van der Waals surface area contributed by atoms with Crippen LogP contribution in [0.15, 0.2) is 24.3 Å². The van der Waals surface area contributed by atoms with E-state index in [0.717, 1.165) is 0 Å². The van der Waals surface area contributed by atoms with Crippen molar-refractivity contribution in [2.45, 2.75) is 45.8 Å². The van der Waals surface area contributed by atoms with Crippen LogP contribution in [-0.4, -0.2) is 36.0 Å². The van der Waals surface area contributed by atoms with E-state index in [4.69, 9.17) is 21.1 Å². The van der Waals surface area contributed by atoms with Crippen molar-refractivity contribution in [1.82, 2.24) is 5.32 Å². The molecular weight excluding hydrogens is 362 g/mol. The maximum absolute atomic E-state index is 11.8. The Labute approximate surface area is 157 Å². The highest BCUT2D eigenvalue weighted by Crippen LogP contribution is 2.21. The smallest absolute Gasteiger partial charge is 0.410 e. The van der Waals surface area contributed by atoms with Crippen LogP contribution in [0.1, 0.15) is 45.1 Å². The molecule has 0 spiro atoms. The summed E-state index contributed by atoms with van der Waals surface area (Å²) in [5.74, 6) is -2.57. The number of carboxylic acid groups (broad SMARTS) is 1. The number of hydrogen-bond donors (Lipinski definition) is 2. The van der Waals surface area contributed by atoms with Gasteiger partial charge in [0.1, 0.15) is 0 Å². The SMILES string of the molecule is CCC(OC(=O)NCCC(C(=O)O)c1ccc(Cl)cc1)OC(=O)C(C)C. The number of aliphatic carboxylic acids is 1. The molecule has 0 radical (unpaired) electrons. The van der Waals surface area contributed by atoms with Gasteiger partial charge in [-0.3, -0.25) is 9.59 Å². The average Bonchev–Trinajstić information content (AvgIpc) is 2.58. The van der Waals surface area contributed by atoms with E-state index in [2.05, 4.69) is 5.32 Å². The lowest BCUT2D eigenvalue weighted by Gasteiger charge is -2.18. The summed E-state index contributed by atoms with van der Waals surface area (Å²) in [4.78, 5) is 34.8. The minimum Gasteiger partial charge on any atom is -0.481 e. The number of carboxylic acids is 1. The van der Waals surface area contributed by atoms with Gasteiger partial charge in [-0.25, -0.2) is 4.79 Å².